The van der Waals surface area contributed by atoms with Crippen LogP contribution in [0.5, 0.6) is 0 Å². The van der Waals surface area contributed by atoms with Crippen molar-refractivity contribution in [1.82, 2.24) is 24.1 Å². The summed E-state index contributed by atoms with van der Waals surface area (Å²) in [5, 5.41) is 4.11. The number of nitrogens with zero attached hydrogens (tertiary/aromatic N) is 5. The van der Waals surface area contributed by atoms with Crippen molar-refractivity contribution in [2.75, 3.05) is 0 Å². The van der Waals surface area contributed by atoms with Crippen molar-refractivity contribution in [3.8, 4) is 45.5 Å². The lowest BCUT2D eigenvalue weighted by Gasteiger charge is -2.14. The van der Waals surface area contributed by atoms with Crippen molar-refractivity contribution in [1.29, 1.82) is 0 Å². The summed E-state index contributed by atoms with van der Waals surface area (Å²) in [6.07, 6.45) is 0. The van der Waals surface area contributed by atoms with Gasteiger partial charge in [-0.05, 0) is 35.4 Å². The molecule has 0 saturated heterocycles. The fraction of sp³-hybridized carbons (Fsp3) is 0. The van der Waals surface area contributed by atoms with E-state index in [9.17, 15) is 0 Å². The third-order valence-electron chi connectivity index (χ3n) is 9.28. The number of hydrogen-bond acceptors (Lipinski definition) is 3. The van der Waals surface area contributed by atoms with Crippen LogP contribution in [0.15, 0.2) is 176 Å². The molecule has 0 fully saturated rings. The summed E-state index contributed by atoms with van der Waals surface area (Å²) < 4.78 is 47.5. The molecule has 0 unspecified atom stereocenters. The third kappa shape index (κ3) is 4.37. The highest BCUT2D eigenvalue weighted by Gasteiger charge is 2.23. The van der Waals surface area contributed by atoms with Gasteiger partial charge in [0, 0.05) is 38.4 Å². The molecule has 0 spiro atoms. The molecule has 5 heteroatoms. The Morgan fingerprint density at radius 2 is 0.940 bits per heavy atom. The van der Waals surface area contributed by atoms with Crippen LogP contribution in [-0.4, -0.2) is 24.1 Å². The van der Waals surface area contributed by atoms with Gasteiger partial charge in [-0.3, -0.25) is 4.57 Å². The monoisotopic (exact) mass is 644 g/mol. The molecular formula is C45H29N5. The lowest BCUT2D eigenvalue weighted by atomic mass is 9.99. The molecule has 0 radical (unpaired) electrons. The topological polar surface area (TPSA) is 48.5 Å². The Balaban J connectivity index is 1.39. The Kier molecular flexibility index (Phi) is 5.35. The van der Waals surface area contributed by atoms with Gasteiger partial charge in [-0.2, -0.15) is 9.97 Å². The molecule has 5 nitrogen and oxygen atoms in total. The van der Waals surface area contributed by atoms with Gasteiger partial charge in [0.2, 0.25) is 5.95 Å². The van der Waals surface area contributed by atoms with Crippen molar-refractivity contribution in [3.05, 3.63) is 176 Å². The SMILES string of the molecule is [2H]c1c([2H])c([2H])c(-c2nc(-c3ccccc3-c3ccccc3)nc(-n3c4ccccc4c4ccc5c6ccccc6n(-c6ccccc6)c5c43)n2)c([2H])c1[2H]. The molecule has 3 aromatic heterocycles. The van der Waals surface area contributed by atoms with Gasteiger partial charge in [-0.25, -0.2) is 4.98 Å². The number of aromatic nitrogens is 5. The van der Waals surface area contributed by atoms with E-state index >= 15 is 0 Å². The molecule has 0 atom stereocenters. The second-order valence-corrected chi connectivity index (χ2v) is 12.1. The van der Waals surface area contributed by atoms with Crippen LogP contribution in [0, 0.1) is 0 Å². The predicted octanol–water partition coefficient (Wildman–Crippen LogP) is 11.1. The van der Waals surface area contributed by atoms with Crippen LogP contribution >= 0.6 is 0 Å². The molecule has 0 aliphatic rings. The van der Waals surface area contributed by atoms with Crippen LogP contribution in [0.1, 0.15) is 6.85 Å². The maximum Gasteiger partial charge on any atom is 0.238 e. The van der Waals surface area contributed by atoms with Crippen LogP contribution in [-0.2, 0) is 0 Å². The van der Waals surface area contributed by atoms with E-state index in [0.29, 0.717) is 11.4 Å². The lowest BCUT2D eigenvalue weighted by Crippen LogP contribution is -2.07. The fourth-order valence-electron chi connectivity index (χ4n) is 7.16. The maximum atomic E-state index is 8.94. The summed E-state index contributed by atoms with van der Waals surface area (Å²) in [4.78, 5) is 15.2. The zero-order chi connectivity index (χ0) is 37.4. The van der Waals surface area contributed by atoms with Crippen molar-refractivity contribution in [2.45, 2.75) is 0 Å². The first-order valence-corrected chi connectivity index (χ1v) is 16.4. The summed E-state index contributed by atoms with van der Waals surface area (Å²) in [7, 11) is 0. The van der Waals surface area contributed by atoms with Gasteiger partial charge in [0.25, 0.3) is 0 Å². The zero-order valence-corrected chi connectivity index (χ0v) is 26.6. The van der Waals surface area contributed by atoms with Gasteiger partial charge in [0.15, 0.2) is 11.6 Å². The second-order valence-electron chi connectivity index (χ2n) is 12.1. The minimum Gasteiger partial charge on any atom is -0.307 e. The molecule has 3 heterocycles. The first kappa shape index (κ1) is 23.5. The molecule has 0 saturated carbocycles. The average molecular weight is 645 g/mol. The number of hydrogen-bond donors (Lipinski definition) is 0. The van der Waals surface area contributed by atoms with E-state index in [-0.39, 0.29) is 29.4 Å². The largest absolute Gasteiger partial charge is 0.307 e. The molecule has 0 amide bonds. The third-order valence-corrected chi connectivity index (χ3v) is 9.28. The van der Waals surface area contributed by atoms with E-state index in [4.69, 9.17) is 21.8 Å². The fourth-order valence-corrected chi connectivity index (χ4v) is 7.16. The highest BCUT2D eigenvalue weighted by atomic mass is 15.2. The molecule has 0 bridgehead atoms. The molecule has 0 N–H and O–H groups in total. The Morgan fingerprint density at radius 3 is 1.64 bits per heavy atom. The van der Waals surface area contributed by atoms with E-state index in [1.54, 1.807) is 0 Å². The zero-order valence-electron chi connectivity index (χ0n) is 31.6. The summed E-state index contributed by atoms with van der Waals surface area (Å²) in [6, 6.07) is 46.6. The van der Waals surface area contributed by atoms with Gasteiger partial charge in [0.1, 0.15) is 0 Å². The van der Waals surface area contributed by atoms with Crippen molar-refractivity contribution in [2.24, 2.45) is 0 Å². The molecule has 10 aromatic rings. The average Bonchev–Trinajstić information content (AvgIpc) is 3.76. The normalized spacial score (nSPS) is 13.0. The molecule has 234 valence electrons. The van der Waals surface area contributed by atoms with Crippen molar-refractivity contribution < 1.29 is 6.85 Å². The first-order chi connectivity index (χ1) is 26.9. The van der Waals surface area contributed by atoms with Crippen LogP contribution < -0.4 is 0 Å². The van der Waals surface area contributed by atoms with Crippen molar-refractivity contribution >= 4 is 43.6 Å². The van der Waals surface area contributed by atoms with E-state index in [0.717, 1.165) is 60.4 Å². The van der Waals surface area contributed by atoms with Crippen LogP contribution in [0.25, 0.3) is 89.2 Å². The molecule has 0 aliphatic heterocycles. The van der Waals surface area contributed by atoms with Crippen LogP contribution in [0.4, 0.5) is 0 Å². The van der Waals surface area contributed by atoms with Gasteiger partial charge < -0.3 is 4.57 Å². The Hall–Kier alpha value is -6.85. The minimum absolute atomic E-state index is 0.0263. The first-order valence-electron chi connectivity index (χ1n) is 18.9. The molecule has 10 rings (SSSR count). The highest BCUT2D eigenvalue weighted by molar-refractivity contribution is 6.23. The second kappa shape index (κ2) is 11.4. The van der Waals surface area contributed by atoms with Gasteiger partial charge >= 0.3 is 0 Å². The van der Waals surface area contributed by atoms with Gasteiger partial charge in [-0.15, -0.1) is 0 Å². The van der Waals surface area contributed by atoms with Gasteiger partial charge in [-0.1, -0.05) is 152 Å². The molecular weight excluding hydrogens is 611 g/mol. The molecule has 0 aliphatic carbocycles. The van der Waals surface area contributed by atoms with E-state index < -0.39 is 18.1 Å². The number of rotatable bonds is 5. The maximum absolute atomic E-state index is 8.94. The highest BCUT2D eigenvalue weighted by Crippen LogP contribution is 2.41. The van der Waals surface area contributed by atoms with E-state index in [1.807, 2.05) is 108 Å². The van der Waals surface area contributed by atoms with Crippen LogP contribution in [0.2, 0.25) is 0 Å². The van der Waals surface area contributed by atoms with E-state index in [1.165, 1.54) is 0 Å². The summed E-state index contributed by atoms with van der Waals surface area (Å²) in [5.74, 6) is 0.521. The Morgan fingerprint density at radius 1 is 0.400 bits per heavy atom. The Bertz CT molecular complexity index is 3130. The number of benzene rings is 7. The molecule has 50 heavy (non-hydrogen) atoms. The van der Waals surface area contributed by atoms with Crippen molar-refractivity contribution in [3.63, 3.8) is 0 Å². The smallest absolute Gasteiger partial charge is 0.238 e. The summed E-state index contributed by atoms with van der Waals surface area (Å²) in [6.45, 7) is 0. The number of fused-ring (bicyclic) bond motifs is 7. The number of para-hydroxylation sites is 3. The van der Waals surface area contributed by atoms with E-state index in [2.05, 4.69) is 47.0 Å². The van der Waals surface area contributed by atoms with Gasteiger partial charge in [0.05, 0.1) is 28.9 Å². The standard InChI is InChI=1S/C45H29N5/c1-4-16-30(17-5-1)33-22-10-11-25-38(33)44-46-43(31-18-6-2-7-19-31)47-45(48-44)50-40-27-15-13-24-35(40)37-29-28-36-34-23-12-14-26-39(34)49(41(36)42(37)50)32-20-8-3-9-21-32/h1-29H/i2D,6D,7D,18D,19D. The minimum atomic E-state index is -0.485. The lowest BCUT2D eigenvalue weighted by molar-refractivity contribution is 0.953. The summed E-state index contributed by atoms with van der Waals surface area (Å²) >= 11 is 0. The van der Waals surface area contributed by atoms with Crippen LogP contribution in [0.3, 0.4) is 0 Å². The quantitative estimate of drug-likeness (QED) is 0.187. The molecule has 7 aromatic carbocycles. The predicted molar refractivity (Wildman–Crippen MR) is 205 cm³/mol. The summed E-state index contributed by atoms with van der Waals surface area (Å²) in [5.41, 5.74) is 7.13. The Labute approximate surface area is 295 Å².